The zero-order chi connectivity index (χ0) is 12.5. The Bertz CT molecular complexity index is 475. The predicted molar refractivity (Wildman–Crippen MR) is 69.8 cm³/mol. The molecule has 96 valence electrons. The predicted octanol–water partition coefficient (Wildman–Crippen LogP) is 1.72. The van der Waals surface area contributed by atoms with E-state index in [1.165, 1.54) is 11.3 Å². The first kappa shape index (κ1) is 12.8. The molecule has 0 radical (unpaired) electrons. The third kappa shape index (κ3) is 2.97. The van der Waals surface area contributed by atoms with Gasteiger partial charge in [0.15, 0.2) is 5.13 Å². The molecule has 1 saturated carbocycles. The average Bonchev–Trinajstić information content (AvgIpc) is 3.05. The summed E-state index contributed by atoms with van der Waals surface area (Å²) in [6.07, 6.45) is 2.46. The topological polar surface area (TPSA) is 71.1 Å². The lowest BCUT2D eigenvalue weighted by Crippen LogP contribution is -2.18. The molecule has 1 aromatic rings. The van der Waals surface area contributed by atoms with Crippen molar-refractivity contribution < 1.29 is 8.42 Å². The molecule has 1 fully saturated rings. The van der Waals surface area contributed by atoms with E-state index < -0.39 is 10.0 Å². The van der Waals surface area contributed by atoms with Crippen molar-refractivity contribution in [1.29, 1.82) is 0 Å². The molecule has 1 aliphatic carbocycles. The van der Waals surface area contributed by atoms with Crippen LogP contribution in [-0.2, 0) is 10.0 Å². The highest BCUT2D eigenvalue weighted by molar-refractivity contribution is 7.93. The zero-order valence-corrected chi connectivity index (χ0v) is 11.6. The minimum Gasteiger partial charge on any atom is -0.312 e. The minimum absolute atomic E-state index is 0.186. The van der Waals surface area contributed by atoms with Crippen molar-refractivity contribution in [2.75, 3.05) is 11.8 Å². The van der Waals surface area contributed by atoms with Crippen LogP contribution in [0.25, 0.3) is 0 Å². The Balaban J connectivity index is 2.08. The Morgan fingerprint density at radius 3 is 2.82 bits per heavy atom. The summed E-state index contributed by atoms with van der Waals surface area (Å²) in [5, 5.41) is 5.31. The van der Waals surface area contributed by atoms with Crippen LogP contribution < -0.4 is 10.0 Å². The van der Waals surface area contributed by atoms with Crippen LogP contribution >= 0.6 is 11.3 Å². The molecule has 1 aliphatic rings. The quantitative estimate of drug-likeness (QED) is 0.829. The van der Waals surface area contributed by atoms with E-state index in [9.17, 15) is 8.42 Å². The number of rotatable bonds is 6. The molecule has 1 atom stereocenters. The fourth-order valence-corrected chi connectivity index (χ4v) is 4.00. The van der Waals surface area contributed by atoms with Gasteiger partial charge in [-0.2, -0.15) is 0 Å². The Morgan fingerprint density at radius 1 is 1.59 bits per heavy atom. The molecule has 0 aromatic carbocycles. The third-order valence-electron chi connectivity index (χ3n) is 2.83. The monoisotopic (exact) mass is 275 g/mol. The van der Waals surface area contributed by atoms with Crippen LogP contribution in [-0.4, -0.2) is 25.7 Å². The van der Waals surface area contributed by atoms with Crippen molar-refractivity contribution in [3.63, 3.8) is 0 Å². The molecule has 0 aliphatic heterocycles. The molecular formula is C10H17N3O2S2. The first-order valence-corrected chi connectivity index (χ1v) is 8.13. The van der Waals surface area contributed by atoms with Gasteiger partial charge in [-0.15, -0.1) is 11.3 Å². The minimum atomic E-state index is -3.19. The third-order valence-corrected chi connectivity index (χ3v) is 5.56. The number of hydrogen-bond acceptors (Lipinski definition) is 5. The van der Waals surface area contributed by atoms with Gasteiger partial charge < -0.3 is 5.32 Å². The van der Waals surface area contributed by atoms with Gasteiger partial charge in [0, 0.05) is 11.4 Å². The van der Waals surface area contributed by atoms with Gasteiger partial charge in [0.1, 0.15) is 0 Å². The molecule has 5 nitrogen and oxygen atoms in total. The van der Waals surface area contributed by atoms with E-state index in [1.807, 2.05) is 12.4 Å². The van der Waals surface area contributed by atoms with E-state index in [4.69, 9.17) is 0 Å². The number of nitrogens with one attached hydrogen (secondary N) is 2. The molecule has 0 bridgehead atoms. The molecule has 1 aromatic heterocycles. The van der Waals surface area contributed by atoms with Gasteiger partial charge in [-0.3, -0.25) is 4.72 Å². The lowest BCUT2D eigenvalue weighted by Gasteiger charge is -2.09. The van der Waals surface area contributed by atoms with Crippen molar-refractivity contribution in [3.8, 4) is 0 Å². The number of aromatic nitrogens is 1. The summed E-state index contributed by atoms with van der Waals surface area (Å²) >= 11 is 1.34. The van der Waals surface area contributed by atoms with E-state index >= 15 is 0 Å². The molecule has 7 heteroatoms. The van der Waals surface area contributed by atoms with Crippen molar-refractivity contribution in [3.05, 3.63) is 11.1 Å². The number of sulfonamides is 1. The molecule has 0 spiro atoms. The van der Waals surface area contributed by atoms with E-state index in [0.29, 0.717) is 5.13 Å². The Labute approximate surface area is 106 Å². The fraction of sp³-hybridized carbons (Fsp3) is 0.700. The molecule has 0 amide bonds. The van der Waals surface area contributed by atoms with Crippen molar-refractivity contribution >= 4 is 26.5 Å². The summed E-state index contributed by atoms with van der Waals surface area (Å²) in [5.41, 5.74) is 0.897. The van der Waals surface area contributed by atoms with Gasteiger partial charge in [0.05, 0.1) is 10.9 Å². The molecule has 1 unspecified atom stereocenters. The standard InChI is InChI=1S/C10H17N3O2S2/c1-3-8(11-2)9-6-16-10(12-9)13-17(14,15)7-4-5-7/h6-8,11H,3-5H2,1-2H3,(H,12,13). The number of nitrogens with zero attached hydrogens (tertiary/aromatic N) is 1. The molecular weight excluding hydrogens is 258 g/mol. The normalized spacial score (nSPS) is 18.0. The Morgan fingerprint density at radius 2 is 2.29 bits per heavy atom. The summed E-state index contributed by atoms with van der Waals surface area (Å²) in [6.45, 7) is 2.06. The lowest BCUT2D eigenvalue weighted by atomic mass is 10.2. The first-order valence-electron chi connectivity index (χ1n) is 5.71. The lowest BCUT2D eigenvalue weighted by molar-refractivity contribution is 0.565. The van der Waals surface area contributed by atoms with Gasteiger partial charge in [-0.05, 0) is 26.3 Å². The van der Waals surface area contributed by atoms with Crippen molar-refractivity contribution in [2.24, 2.45) is 0 Å². The Hall–Kier alpha value is -0.660. The number of anilines is 1. The highest BCUT2D eigenvalue weighted by Gasteiger charge is 2.36. The molecule has 2 N–H and O–H groups in total. The van der Waals surface area contributed by atoms with Crippen LogP contribution in [0.15, 0.2) is 5.38 Å². The van der Waals surface area contributed by atoms with E-state index in [-0.39, 0.29) is 11.3 Å². The van der Waals surface area contributed by atoms with E-state index in [0.717, 1.165) is 25.0 Å². The van der Waals surface area contributed by atoms with Crippen LogP contribution in [0, 0.1) is 0 Å². The number of hydrogen-bond donors (Lipinski definition) is 2. The molecule has 0 saturated heterocycles. The highest BCUT2D eigenvalue weighted by Crippen LogP contribution is 2.31. The maximum atomic E-state index is 11.7. The van der Waals surface area contributed by atoms with Crippen LogP contribution in [0.5, 0.6) is 0 Å². The maximum Gasteiger partial charge on any atom is 0.237 e. The largest absolute Gasteiger partial charge is 0.312 e. The summed E-state index contributed by atoms with van der Waals surface area (Å²) < 4.78 is 26.0. The van der Waals surface area contributed by atoms with Gasteiger partial charge in [0.2, 0.25) is 10.0 Å². The molecule has 1 heterocycles. The Kier molecular flexibility index (Phi) is 3.70. The van der Waals surface area contributed by atoms with Gasteiger partial charge in [-0.1, -0.05) is 6.92 Å². The summed E-state index contributed by atoms with van der Waals surface area (Å²) in [7, 11) is -1.31. The highest BCUT2D eigenvalue weighted by atomic mass is 32.2. The van der Waals surface area contributed by atoms with Crippen LogP contribution in [0.3, 0.4) is 0 Å². The second-order valence-corrected chi connectivity index (χ2v) is 6.99. The van der Waals surface area contributed by atoms with Crippen LogP contribution in [0.1, 0.15) is 37.9 Å². The molecule has 17 heavy (non-hydrogen) atoms. The van der Waals surface area contributed by atoms with Crippen molar-refractivity contribution in [1.82, 2.24) is 10.3 Å². The smallest absolute Gasteiger partial charge is 0.237 e. The first-order chi connectivity index (χ1) is 8.06. The van der Waals surface area contributed by atoms with E-state index in [1.54, 1.807) is 0 Å². The number of thiazole rings is 1. The SMILES string of the molecule is CCC(NC)c1csc(NS(=O)(=O)C2CC2)n1. The maximum absolute atomic E-state index is 11.7. The van der Waals surface area contributed by atoms with Gasteiger partial charge in [0.25, 0.3) is 0 Å². The van der Waals surface area contributed by atoms with Gasteiger partial charge in [-0.25, -0.2) is 13.4 Å². The van der Waals surface area contributed by atoms with Crippen molar-refractivity contribution in [2.45, 2.75) is 37.5 Å². The zero-order valence-electron chi connectivity index (χ0n) is 9.93. The summed E-state index contributed by atoms with van der Waals surface area (Å²) in [4.78, 5) is 4.31. The van der Waals surface area contributed by atoms with Gasteiger partial charge >= 0.3 is 0 Å². The summed E-state index contributed by atoms with van der Waals surface area (Å²) in [6, 6.07) is 0.186. The van der Waals surface area contributed by atoms with E-state index in [2.05, 4.69) is 21.9 Å². The second-order valence-electron chi connectivity index (χ2n) is 4.17. The average molecular weight is 275 g/mol. The summed E-state index contributed by atoms with van der Waals surface area (Å²) in [5.74, 6) is 0. The molecule has 2 rings (SSSR count). The second kappa shape index (κ2) is 4.91. The fourth-order valence-electron chi connectivity index (χ4n) is 1.64. The van der Waals surface area contributed by atoms with Crippen LogP contribution in [0.4, 0.5) is 5.13 Å². The van der Waals surface area contributed by atoms with Crippen LogP contribution in [0.2, 0.25) is 0 Å².